The molecule has 108 valence electrons. The highest BCUT2D eigenvalue weighted by atomic mass is 79.9. The number of hydrogen-bond donors (Lipinski definition) is 0. The summed E-state index contributed by atoms with van der Waals surface area (Å²) in [5.74, 6) is 0. The van der Waals surface area contributed by atoms with E-state index in [2.05, 4.69) is 55.2 Å². The second-order valence-electron chi connectivity index (χ2n) is 5.00. The lowest BCUT2D eigenvalue weighted by atomic mass is 9.80. The van der Waals surface area contributed by atoms with Gasteiger partial charge in [-0.25, -0.2) is 0 Å². The molecule has 0 N–H and O–H groups in total. The second kappa shape index (κ2) is 7.10. The van der Waals surface area contributed by atoms with Gasteiger partial charge < -0.3 is 0 Å². The molecule has 2 nitrogen and oxygen atoms in total. The summed E-state index contributed by atoms with van der Waals surface area (Å²) in [5, 5.41) is 6.82. The molecule has 0 aliphatic heterocycles. The molecule has 0 saturated heterocycles. The molecule has 0 fully saturated rings. The third kappa shape index (κ3) is 3.46. The Bertz CT molecular complexity index is 547. The summed E-state index contributed by atoms with van der Waals surface area (Å²) in [4.78, 5) is 0. The summed E-state index contributed by atoms with van der Waals surface area (Å²) in [5.41, 5.74) is 2.62. The highest BCUT2D eigenvalue weighted by Gasteiger charge is 2.30. The van der Waals surface area contributed by atoms with Crippen molar-refractivity contribution in [3.63, 3.8) is 0 Å². The fraction of sp³-hybridized carbons (Fsp3) is 0.400. The quantitative estimate of drug-likeness (QED) is 0.618. The van der Waals surface area contributed by atoms with Crippen LogP contribution in [0.4, 0.5) is 0 Å². The summed E-state index contributed by atoms with van der Waals surface area (Å²) < 4.78 is 1.94. The van der Waals surface area contributed by atoms with E-state index in [1.807, 2.05) is 30.1 Å². The predicted molar refractivity (Wildman–Crippen MR) is 92.2 cm³/mol. The summed E-state index contributed by atoms with van der Waals surface area (Å²) in [6, 6.07) is 10.2. The number of hydrogen-bond acceptors (Lipinski definition) is 1. The van der Waals surface area contributed by atoms with Crippen LogP contribution in [-0.2, 0) is 18.9 Å². The number of aromatic nitrogens is 2. The predicted octanol–water partition coefficient (Wildman–Crippen LogP) is 4.73. The largest absolute Gasteiger partial charge is 0.273 e. The first kappa shape index (κ1) is 16.1. The van der Waals surface area contributed by atoms with E-state index in [1.165, 1.54) is 11.3 Å². The van der Waals surface area contributed by atoms with Gasteiger partial charge in [0.25, 0.3) is 0 Å². The molecule has 0 aliphatic rings. The van der Waals surface area contributed by atoms with Gasteiger partial charge in [0, 0.05) is 40.0 Å². The van der Waals surface area contributed by atoms with Crippen molar-refractivity contribution in [3.8, 4) is 0 Å². The molecule has 1 aromatic carbocycles. The molecule has 0 saturated carbocycles. The Morgan fingerprint density at radius 3 is 2.30 bits per heavy atom. The van der Waals surface area contributed by atoms with Crippen molar-refractivity contribution in [1.82, 2.24) is 9.78 Å². The van der Waals surface area contributed by atoms with Gasteiger partial charge in [-0.2, -0.15) is 5.10 Å². The van der Waals surface area contributed by atoms with E-state index in [9.17, 15) is 0 Å². The first-order valence-corrected chi connectivity index (χ1v) is 9.08. The van der Waals surface area contributed by atoms with E-state index in [0.717, 1.165) is 28.5 Å². The van der Waals surface area contributed by atoms with Gasteiger partial charge in [0.2, 0.25) is 0 Å². The molecular formula is C15H17Br2ClN2. The fourth-order valence-corrected chi connectivity index (χ4v) is 4.55. The average Bonchev–Trinajstić information content (AvgIpc) is 2.88. The monoisotopic (exact) mass is 418 g/mol. The maximum atomic E-state index is 5.99. The fourth-order valence-electron chi connectivity index (χ4n) is 2.29. The van der Waals surface area contributed by atoms with Gasteiger partial charge in [0.05, 0.1) is 0 Å². The van der Waals surface area contributed by atoms with Crippen molar-refractivity contribution < 1.29 is 0 Å². The number of halogens is 3. The van der Waals surface area contributed by atoms with Crippen molar-refractivity contribution in [2.24, 2.45) is 7.05 Å². The molecule has 0 spiro atoms. The molecule has 0 aliphatic carbocycles. The molecule has 0 atom stereocenters. The van der Waals surface area contributed by atoms with Crippen LogP contribution in [0.2, 0.25) is 5.02 Å². The maximum Gasteiger partial charge on any atom is 0.0492 e. The Morgan fingerprint density at radius 1 is 1.15 bits per heavy atom. The normalized spacial score (nSPS) is 11.8. The van der Waals surface area contributed by atoms with Gasteiger partial charge in [0.15, 0.2) is 0 Å². The van der Waals surface area contributed by atoms with Crippen LogP contribution in [0.3, 0.4) is 0 Å². The zero-order valence-corrected chi connectivity index (χ0v) is 15.2. The van der Waals surface area contributed by atoms with E-state index in [1.54, 1.807) is 0 Å². The molecule has 20 heavy (non-hydrogen) atoms. The molecule has 5 heteroatoms. The summed E-state index contributed by atoms with van der Waals surface area (Å²) in [6.07, 6.45) is 3.89. The van der Waals surface area contributed by atoms with Crippen LogP contribution in [-0.4, -0.2) is 20.4 Å². The van der Waals surface area contributed by atoms with E-state index in [-0.39, 0.29) is 5.41 Å². The van der Waals surface area contributed by atoms with Crippen LogP contribution < -0.4 is 0 Å². The standard InChI is InChI=1S/C15H17Br2ClN2/c1-20-14(7-9-19-20)6-8-15(10-16,11-17)12-2-4-13(18)5-3-12/h2-5,7,9H,6,8,10-11H2,1H3. The molecule has 1 heterocycles. The van der Waals surface area contributed by atoms with Crippen molar-refractivity contribution >= 4 is 43.5 Å². The third-order valence-electron chi connectivity index (χ3n) is 3.75. The Morgan fingerprint density at radius 2 is 1.80 bits per heavy atom. The van der Waals surface area contributed by atoms with Gasteiger partial charge in [-0.05, 0) is 36.6 Å². The van der Waals surface area contributed by atoms with Crippen molar-refractivity contribution in [2.45, 2.75) is 18.3 Å². The number of aryl methyl sites for hydroxylation is 2. The minimum Gasteiger partial charge on any atom is -0.273 e. The zero-order valence-electron chi connectivity index (χ0n) is 11.3. The van der Waals surface area contributed by atoms with Crippen molar-refractivity contribution in [3.05, 3.63) is 52.8 Å². The molecule has 0 radical (unpaired) electrons. The number of benzene rings is 1. The first-order chi connectivity index (χ1) is 9.61. The van der Waals surface area contributed by atoms with Gasteiger partial charge in [-0.15, -0.1) is 0 Å². The lowest BCUT2D eigenvalue weighted by Crippen LogP contribution is -2.31. The van der Waals surface area contributed by atoms with E-state index < -0.39 is 0 Å². The van der Waals surface area contributed by atoms with E-state index in [0.29, 0.717) is 0 Å². The van der Waals surface area contributed by atoms with E-state index >= 15 is 0 Å². The summed E-state index contributed by atoms with van der Waals surface area (Å²) in [6.45, 7) is 0. The van der Waals surface area contributed by atoms with Crippen molar-refractivity contribution in [2.75, 3.05) is 10.7 Å². The van der Waals surface area contributed by atoms with Gasteiger partial charge in [0.1, 0.15) is 0 Å². The Balaban J connectivity index is 2.21. The van der Waals surface area contributed by atoms with Crippen molar-refractivity contribution in [1.29, 1.82) is 0 Å². The zero-order chi connectivity index (χ0) is 14.6. The summed E-state index contributed by atoms with van der Waals surface area (Å²) >= 11 is 13.4. The number of alkyl halides is 2. The van der Waals surface area contributed by atoms with E-state index in [4.69, 9.17) is 11.6 Å². The lowest BCUT2D eigenvalue weighted by Gasteiger charge is -2.31. The van der Waals surface area contributed by atoms with Gasteiger partial charge in [-0.1, -0.05) is 55.6 Å². The minimum atomic E-state index is 0.0643. The average molecular weight is 421 g/mol. The molecule has 2 rings (SSSR count). The molecule has 1 aromatic heterocycles. The van der Waals surface area contributed by atoms with Crippen LogP contribution in [0.5, 0.6) is 0 Å². The molecular weight excluding hydrogens is 403 g/mol. The summed E-state index contributed by atoms with van der Waals surface area (Å²) in [7, 11) is 1.99. The van der Waals surface area contributed by atoms with Crippen LogP contribution in [0.1, 0.15) is 17.7 Å². The van der Waals surface area contributed by atoms with Crippen LogP contribution in [0.15, 0.2) is 36.5 Å². The Labute approximate surface area is 141 Å². The number of nitrogens with zero attached hydrogens (tertiary/aromatic N) is 2. The maximum absolute atomic E-state index is 5.99. The number of rotatable bonds is 6. The highest BCUT2D eigenvalue weighted by Crippen LogP contribution is 2.34. The minimum absolute atomic E-state index is 0.0643. The topological polar surface area (TPSA) is 17.8 Å². The SMILES string of the molecule is Cn1nccc1CCC(CBr)(CBr)c1ccc(Cl)cc1. The Hall–Kier alpha value is -0.320. The molecule has 0 unspecified atom stereocenters. The molecule has 2 aromatic rings. The first-order valence-electron chi connectivity index (χ1n) is 6.46. The highest BCUT2D eigenvalue weighted by molar-refractivity contribution is 9.09. The molecule has 0 bridgehead atoms. The third-order valence-corrected chi connectivity index (χ3v) is 6.15. The Kier molecular flexibility index (Phi) is 5.70. The van der Waals surface area contributed by atoms with Crippen LogP contribution >= 0.6 is 43.5 Å². The van der Waals surface area contributed by atoms with Gasteiger partial charge in [-0.3, -0.25) is 4.68 Å². The van der Waals surface area contributed by atoms with Crippen LogP contribution in [0.25, 0.3) is 0 Å². The lowest BCUT2D eigenvalue weighted by molar-refractivity contribution is 0.494. The van der Waals surface area contributed by atoms with Crippen LogP contribution in [0, 0.1) is 0 Å². The smallest absolute Gasteiger partial charge is 0.0492 e. The van der Waals surface area contributed by atoms with Gasteiger partial charge >= 0.3 is 0 Å². The molecule has 0 amide bonds. The second-order valence-corrected chi connectivity index (χ2v) is 6.56.